The Balaban J connectivity index is 0.00000450. The van der Waals surface area contributed by atoms with Crippen LogP contribution in [-0.2, 0) is 13.1 Å². The van der Waals surface area contributed by atoms with Crippen molar-refractivity contribution in [2.24, 2.45) is 4.99 Å². The van der Waals surface area contributed by atoms with Gasteiger partial charge >= 0.3 is 12.8 Å². The average Bonchev–Trinajstić information content (AvgIpc) is 2.67. The lowest BCUT2D eigenvalue weighted by atomic mass is 10.2. The monoisotopic (exact) mass is 545 g/mol. The van der Waals surface area contributed by atoms with Gasteiger partial charge in [0.05, 0.1) is 0 Å². The highest BCUT2D eigenvalue weighted by molar-refractivity contribution is 14.0. The number of hydrogen-bond acceptors (Lipinski definition) is 3. The molecule has 0 saturated carbocycles. The maximum atomic E-state index is 12.5. The fraction of sp³-hybridized carbons (Fsp3) is 0.316. The SMILES string of the molecule is CN=C(NCc1ccc(OCC(F)(F)F)cc1)NCc1ccccc1OC(F)F.I. The molecule has 0 spiro atoms. The van der Waals surface area contributed by atoms with E-state index in [1.165, 1.54) is 18.2 Å². The molecule has 0 radical (unpaired) electrons. The Morgan fingerprint density at radius 1 is 1.00 bits per heavy atom. The number of para-hydroxylation sites is 1. The van der Waals surface area contributed by atoms with E-state index in [-0.39, 0.29) is 42.0 Å². The van der Waals surface area contributed by atoms with Crippen molar-refractivity contribution in [1.29, 1.82) is 0 Å². The highest BCUT2D eigenvalue weighted by atomic mass is 127. The minimum Gasteiger partial charge on any atom is -0.484 e. The fourth-order valence-corrected chi connectivity index (χ4v) is 2.31. The van der Waals surface area contributed by atoms with E-state index in [0.29, 0.717) is 18.1 Å². The van der Waals surface area contributed by atoms with Gasteiger partial charge in [0.15, 0.2) is 12.6 Å². The quantitative estimate of drug-likeness (QED) is 0.219. The number of aliphatic imine (C=N–C) groups is 1. The van der Waals surface area contributed by atoms with Gasteiger partial charge in [0, 0.05) is 25.7 Å². The van der Waals surface area contributed by atoms with E-state index in [1.54, 1.807) is 37.4 Å². The third kappa shape index (κ3) is 9.46. The summed E-state index contributed by atoms with van der Waals surface area (Å²) < 4.78 is 70.5. The first-order chi connectivity index (χ1) is 13.8. The molecular formula is C19H21F5IN3O2. The number of ether oxygens (including phenoxy) is 2. The number of rotatable bonds is 8. The molecule has 11 heteroatoms. The van der Waals surface area contributed by atoms with Crippen molar-refractivity contribution in [3.63, 3.8) is 0 Å². The van der Waals surface area contributed by atoms with Crippen molar-refractivity contribution in [3.8, 4) is 11.5 Å². The zero-order valence-corrected chi connectivity index (χ0v) is 18.2. The molecule has 0 atom stereocenters. The first-order valence-electron chi connectivity index (χ1n) is 8.52. The predicted molar refractivity (Wildman–Crippen MR) is 114 cm³/mol. The molecule has 0 aromatic heterocycles. The van der Waals surface area contributed by atoms with Crippen LogP contribution in [0.1, 0.15) is 11.1 Å². The van der Waals surface area contributed by atoms with Crippen LogP contribution in [0.4, 0.5) is 22.0 Å². The maximum absolute atomic E-state index is 12.5. The second kappa shape index (κ2) is 12.4. The molecule has 2 N–H and O–H groups in total. The Kier molecular flexibility index (Phi) is 10.6. The smallest absolute Gasteiger partial charge is 0.422 e. The third-order valence-corrected chi connectivity index (χ3v) is 3.64. The van der Waals surface area contributed by atoms with Crippen LogP contribution < -0.4 is 20.1 Å². The van der Waals surface area contributed by atoms with E-state index in [4.69, 9.17) is 0 Å². The van der Waals surface area contributed by atoms with Crippen molar-refractivity contribution in [2.45, 2.75) is 25.9 Å². The van der Waals surface area contributed by atoms with Gasteiger partial charge in [-0.25, -0.2) is 0 Å². The lowest BCUT2D eigenvalue weighted by Gasteiger charge is -2.15. The predicted octanol–water partition coefficient (Wildman–Crippen LogP) is 4.71. The van der Waals surface area contributed by atoms with E-state index in [1.807, 2.05) is 0 Å². The fourth-order valence-electron chi connectivity index (χ4n) is 2.31. The van der Waals surface area contributed by atoms with Gasteiger partial charge in [0.25, 0.3) is 0 Å². The minimum atomic E-state index is -4.39. The number of benzene rings is 2. The highest BCUT2D eigenvalue weighted by Crippen LogP contribution is 2.20. The van der Waals surface area contributed by atoms with Gasteiger partial charge in [0.1, 0.15) is 11.5 Å². The third-order valence-electron chi connectivity index (χ3n) is 3.64. The maximum Gasteiger partial charge on any atom is 0.422 e. The molecule has 2 aromatic rings. The Morgan fingerprint density at radius 2 is 1.63 bits per heavy atom. The summed E-state index contributed by atoms with van der Waals surface area (Å²) in [6, 6.07) is 12.5. The van der Waals surface area contributed by atoms with E-state index >= 15 is 0 Å². The second-order valence-corrected chi connectivity index (χ2v) is 5.81. The number of alkyl halides is 5. The summed E-state index contributed by atoms with van der Waals surface area (Å²) in [5.74, 6) is 0.596. The molecule has 0 aliphatic rings. The van der Waals surface area contributed by atoms with Gasteiger partial charge in [-0.3, -0.25) is 4.99 Å². The van der Waals surface area contributed by atoms with Crippen LogP contribution >= 0.6 is 24.0 Å². The molecule has 166 valence electrons. The molecule has 2 rings (SSSR count). The lowest BCUT2D eigenvalue weighted by molar-refractivity contribution is -0.153. The average molecular weight is 545 g/mol. The summed E-state index contributed by atoms with van der Waals surface area (Å²) in [7, 11) is 1.55. The normalized spacial score (nSPS) is 11.6. The van der Waals surface area contributed by atoms with Crippen LogP contribution in [0.15, 0.2) is 53.5 Å². The van der Waals surface area contributed by atoms with E-state index < -0.39 is 19.4 Å². The van der Waals surface area contributed by atoms with Crippen LogP contribution in [-0.4, -0.2) is 32.4 Å². The molecule has 30 heavy (non-hydrogen) atoms. The molecule has 0 unspecified atom stereocenters. The zero-order valence-electron chi connectivity index (χ0n) is 15.9. The summed E-state index contributed by atoms with van der Waals surface area (Å²) in [5.41, 5.74) is 1.32. The molecule has 0 fully saturated rings. The van der Waals surface area contributed by atoms with Crippen molar-refractivity contribution in [2.75, 3.05) is 13.7 Å². The molecule has 0 heterocycles. The standard InChI is InChI=1S/C19H20F5N3O2.HI/c1-25-18(27-11-14-4-2-3-5-16(14)29-17(20)21)26-10-13-6-8-15(9-7-13)28-12-19(22,23)24;/h2-9,17H,10-12H2,1H3,(H2,25,26,27);1H. The summed E-state index contributed by atoms with van der Waals surface area (Å²) in [6.45, 7) is -3.73. The Bertz CT molecular complexity index is 802. The zero-order chi connectivity index (χ0) is 21.3. The molecule has 0 amide bonds. The van der Waals surface area contributed by atoms with E-state index in [9.17, 15) is 22.0 Å². The van der Waals surface area contributed by atoms with Gasteiger partial charge in [-0.05, 0) is 23.8 Å². The minimum absolute atomic E-state index is 0. The summed E-state index contributed by atoms with van der Waals surface area (Å²) in [6.07, 6.45) is -4.39. The first kappa shape index (κ1) is 25.7. The Hall–Kier alpha value is -2.31. The van der Waals surface area contributed by atoms with Crippen LogP contribution in [0.3, 0.4) is 0 Å². The van der Waals surface area contributed by atoms with Gasteiger partial charge < -0.3 is 20.1 Å². The van der Waals surface area contributed by atoms with Crippen molar-refractivity contribution in [1.82, 2.24) is 10.6 Å². The van der Waals surface area contributed by atoms with Gasteiger partial charge in [0.2, 0.25) is 0 Å². The number of nitrogens with one attached hydrogen (secondary N) is 2. The summed E-state index contributed by atoms with van der Waals surface area (Å²) in [5, 5.41) is 6.00. The highest BCUT2D eigenvalue weighted by Gasteiger charge is 2.28. The van der Waals surface area contributed by atoms with Crippen LogP contribution in [0.5, 0.6) is 11.5 Å². The number of nitrogens with zero attached hydrogens (tertiary/aromatic N) is 1. The molecule has 0 saturated heterocycles. The summed E-state index contributed by atoms with van der Waals surface area (Å²) >= 11 is 0. The van der Waals surface area contributed by atoms with Crippen molar-refractivity contribution >= 4 is 29.9 Å². The molecule has 0 aliphatic heterocycles. The van der Waals surface area contributed by atoms with Crippen molar-refractivity contribution in [3.05, 3.63) is 59.7 Å². The topological polar surface area (TPSA) is 54.9 Å². The molecule has 0 aliphatic carbocycles. The number of hydrogen-bond donors (Lipinski definition) is 2. The van der Waals surface area contributed by atoms with Gasteiger partial charge in [-0.15, -0.1) is 24.0 Å². The number of guanidine groups is 1. The van der Waals surface area contributed by atoms with E-state index in [2.05, 4.69) is 25.1 Å². The first-order valence-corrected chi connectivity index (χ1v) is 8.52. The van der Waals surface area contributed by atoms with Gasteiger partial charge in [-0.1, -0.05) is 30.3 Å². The molecule has 2 aromatic carbocycles. The van der Waals surface area contributed by atoms with Crippen LogP contribution in [0.25, 0.3) is 0 Å². The summed E-state index contributed by atoms with van der Waals surface area (Å²) in [4.78, 5) is 4.04. The van der Waals surface area contributed by atoms with E-state index in [0.717, 1.165) is 5.56 Å². The van der Waals surface area contributed by atoms with Gasteiger partial charge in [-0.2, -0.15) is 22.0 Å². The Labute approximate surface area is 187 Å². The van der Waals surface area contributed by atoms with Crippen LogP contribution in [0, 0.1) is 0 Å². The number of halogens is 6. The van der Waals surface area contributed by atoms with Crippen molar-refractivity contribution < 1.29 is 31.4 Å². The second-order valence-electron chi connectivity index (χ2n) is 5.81. The Morgan fingerprint density at radius 3 is 2.23 bits per heavy atom. The lowest BCUT2D eigenvalue weighted by Crippen LogP contribution is -2.36. The largest absolute Gasteiger partial charge is 0.484 e. The molecule has 5 nitrogen and oxygen atoms in total. The van der Waals surface area contributed by atoms with Crippen LogP contribution in [0.2, 0.25) is 0 Å². The molecule has 0 bridgehead atoms. The molecular weight excluding hydrogens is 524 g/mol.